The zero-order valence-corrected chi connectivity index (χ0v) is 7.66. The number of aromatic nitrogens is 5. The molecule has 0 bridgehead atoms. The first kappa shape index (κ1) is 8.76. The van der Waals surface area contributed by atoms with Gasteiger partial charge in [-0.3, -0.25) is 0 Å². The molecule has 0 aliphatic carbocycles. The predicted molar refractivity (Wildman–Crippen MR) is 47.7 cm³/mol. The standard InChI is InChI=1S/C8H9N5O/c1-14-6-7-2-3-9-8(11-7)13-5-4-10-12-13/h2-5H,6H2,1H3. The molecule has 2 aromatic rings. The van der Waals surface area contributed by atoms with Gasteiger partial charge in [-0.05, 0) is 6.07 Å². The van der Waals surface area contributed by atoms with Crippen molar-refractivity contribution in [3.63, 3.8) is 0 Å². The van der Waals surface area contributed by atoms with Crippen LogP contribution in [-0.2, 0) is 11.3 Å². The van der Waals surface area contributed by atoms with E-state index in [-0.39, 0.29) is 0 Å². The Labute approximate surface area is 80.6 Å². The summed E-state index contributed by atoms with van der Waals surface area (Å²) < 4.78 is 6.46. The zero-order chi connectivity index (χ0) is 9.80. The molecule has 0 spiro atoms. The Bertz CT molecular complexity index is 400. The van der Waals surface area contributed by atoms with E-state index in [1.54, 1.807) is 31.8 Å². The highest BCUT2D eigenvalue weighted by molar-refractivity contribution is 5.11. The van der Waals surface area contributed by atoms with Crippen LogP contribution >= 0.6 is 0 Å². The Balaban J connectivity index is 2.31. The van der Waals surface area contributed by atoms with E-state index in [0.29, 0.717) is 12.6 Å². The summed E-state index contributed by atoms with van der Waals surface area (Å²) in [5.41, 5.74) is 0.813. The fourth-order valence-corrected chi connectivity index (χ4v) is 1.04. The molecule has 0 aliphatic rings. The van der Waals surface area contributed by atoms with Crippen LogP contribution in [0.4, 0.5) is 0 Å². The number of ether oxygens (including phenoxy) is 1. The third-order valence-corrected chi connectivity index (χ3v) is 1.62. The third-order valence-electron chi connectivity index (χ3n) is 1.62. The molecule has 72 valence electrons. The van der Waals surface area contributed by atoms with Gasteiger partial charge in [-0.1, -0.05) is 5.21 Å². The van der Waals surface area contributed by atoms with Gasteiger partial charge < -0.3 is 4.74 Å². The van der Waals surface area contributed by atoms with Crippen LogP contribution in [0, 0.1) is 0 Å². The first-order chi connectivity index (χ1) is 6.90. The van der Waals surface area contributed by atoms with Crippen molar-refractivity contribution in [2.45, 2.75) is 6.61 Å². The number of hydrogen-bond acceptors (Lipinski definition) is 5. The van der Waals surface area contributed by atoms with Gasteiger partial charge in [0.2, 0.25) is 0 Å². The maximum Gasteiger partial charge on any atom is 0.252 e. The van der Waals surface area contributed by atoms with Crippen LogP contribution in [0.3, 0.4) is 0 Å². The SMILES string of the molecule is COCc1ccnc(-n2ccnn2)n1. The molecule has 0 N–H and O–H groups in total. The van der Waals surface area contributed by atoms with Crippen LogP contribution in [0.15, 0.2) is 24.7 Å². The molecule has 0 unspecified atom stereocenters. The Hall–Kier alpha value is -1.82. The van der Waals surface area contributed by atoms with Crippen molar-refractivity contribution in [3.05, 3.63) is 30.4 Å². The molecule has 2 heterocycles. The van der Waals surface area contributed by atoms with E-state index in [4.69, 9.17) is 4.74 Å². The zero-order valence-electron chi connectivity index (χ0n) is 7.66. The van der Waals surface area contributed by atoms with E-state index in [1.165, 1.54) is 4.68 Å². The van der Waals surface area contributed by atoms with E-state index in [0.717, 1.165) is 5.69 Å². The van der Waals surface area contributed by atoms with Gasteiger partial charge in [0.15, 0.2) is 0 Å². The molecule has 0 atom stereocenters. The monoisotopic (exact) mass is 191 g/mol. The second-order valence-corrected chi connectivity index (χ2v) is 2.63. The normalized spacial score (nSPS) is 10.4. The maximum atomic E-state index is 4.96. The minimum Gasteiger partial charge on any atom is -0.378 e. The molecule has 0 amide bonds. The van der Waals surface area contributed by atoms with Gasteiger partial charge in [0.25, 0.3) is 5.95 Å². The Morgan fingerprint density at radius 1 is 1.43 bits per heavy atom. The van der Waals surface area contributed by atoms with Crippen LogP contribution < -0.4 is 0 Å². The predicted octanol–water partition coefficient (Wildman–Crippen LogP) is 0.204. The summed E-state index contributed by atoms with van der Waals surface area (Å²) in [5, 5.41) is 7.46. The number of rotatable bonds is 3. The minimum atomic E-state index is 0.463. The first-order valence-corrected chi connectivity index (χ1v) is 4.07. The fourth-order valence-electron chi connectivity index (χ4n) is 1.04. The second-order valence-electron chi connectivity index (χ2n) is 2.63. The first-order valence-electron chi connectivity index (χ1n) is 4.07. The molecular formula is C8H9N5O. The van der Waals surface area contributed by atoms with Crippen molar-refractivity contribution in [1.29, 1.82) is 0 Å². The van der Waals surface area contributed by atoms with Crippen molar-refractivity contribution in [2.24, 2.45) is 0 Å². The van der Waals surface area contributed by atoms with E-state index in [2.05, 4.69) is 20.3 Å². The highest BCUT2D eigenvalue weighted by Gasteiger charge is 2.01. The molecule has 2 rings (SSSR count). The Morgan fingerprint density at radius 3 is 3.07 bits per heavy atom. The largest absolute Gasteiger partial charge is 0.378 e. The summed E-state index contributed by atoms with van der Waals surface area (Å²) in [7, 11) is 1.62. The molecule has 14 heavy (non-hydrogen) atoms. The summed E-state index contributed by atoms with van der Waals surface area (Å²) in [6.07, 6.45) is 4.93. The lowest BCUT2D eigenvalue weighted by atomic mass is 10.4. The quantitative estimate of drug-likeness (QED) is 0.693. The smallest absolute Gasteiger partial charge is 0.252 e. The van der Waals surface area contributed by atoms with Crippen molar-refractivity contribution in [2.75, 3.05) is 7.11 Å². The summed E-state index contributed by atoms with van der Waals surface area (Å²) in [6.45, 7) is 0.463. The van der Waals surface area contributed by atoms with E-state index in [1.807, 2.05) is 0 Å². The third kappa shape index (κ3) is 1.74. The van der Waals surface area contributed by atoms with Gasteiger partial charge in [-0.25, -0.2) is 9.97 Å². The molecule has 0 radical (unpaired) electrons. The van der Waals surface area contributed by atoms with Crippen molar-refractivity contribution >= 4 is 0 Å². The number of hydrogen-bond donors (Lipinski definition) is 0. The van der Waals surface area contributed by atoms with Crippen LogP contribution in [0.25, 0.3) is 5.95 Å². The maximum absolute atomic E-state index is 4.96. The van der Waals surface area contributed by atoms with E-state index >= 15 is 0 Å². The van der Waals surface area contributed by atoms with Gasteiger partial charge in [-0.15, -0.1) is 5.10 Å². The molecule has 2 aromatic heterocycles. The van der Waals surface area contributed by atoms with Gasteiger partial charge >= 0.3 is 0 Å². The highest BCUT2D eigenvalue weighted by atomic mass is 16.5. The lowest BCUT2D eigenvalue weighted by Crippen LogP contribution is -2.04. The topological polar surface area (TPSA) is 65.7 Å². The molecule has 0 aliphatic heterocycles. The summed E-state index contributed by atoms with van der Waals surface area (Å²) in [6, 6.07) is 1.80. The molecule has 6 nitrogen and oxygen atoms in total. The van der Waals surface area contributed by atoms with Crippen LogP contribution in [0.2, 0.25) is 0 Å². The Morgan fingerprint density at radius 2 is 2.36 bits per heavy atom. The van der Waals surface area contributed by atoms with Crippen molar-refractivity contribution < 1.29 is 4.74 Å². The average Bonchev–Trinajstić information content (AvgIpc) is 2.71. The molecule has 0 fully saturated rings. The molecule has 0 aromatic carbocycles. The van der Waals surface area contributed by atoms with Crippen LogP contribution in [-0.4, -0.2) is 32.1 Å². The fraction of sp³-hybridized carbons (Fsp3) is 0.250. The number of methoxy groups -OCH3 is 1. The summed E-state index contributed by atoms with van der Waals surface area (Å²) >= 11 is 0. The summed E-state index contributed by atoms with van der Waals surface area (Å²) in [5.74, 6) is 0.497. The summed E-state index contributed by atoms with van der Waals surface area (Å²) in [4.78, 5) is 8.29. The molecule has 6 heteroatoms. The van der Waals surface area contributed by atoms with Gasteiger partial charge in [-0.2, -0.15) is 4.68 Å². The van der Waals surface area contributed by atoms with E-state index in [9.17, 15) is 0 Å². The van der Waals surface area contributed by atoms with Crippen LogP contribution in [0.1, 0.15) is 5.69 Å². The average molecular weight is 191 g/mol. The molecule has 0 saturated carbocycles. The lowest BCUT2D eigenvalue weighted by Gasteiger charge is -2.01. The number of nitrogens with zero attached hydrogens (tertiary/aromatic N) is 5. The second kappa shape index (κ2) is 3.93. The van der Waals surface area contributed by atoms with Gasteiger partial charge in [0.1, 0.15) is 0 Å². The van der Waals surface area contributed by atoms with E-state index < -0.39 is 0 Å². The molecule has 0 saturated heterocycles. The van der Waals surface area contributed by atoms with Gasteiger partial charge in [0, 0.05) is 13.3 Å². The van der Waals surface area contributed by atoms with Crippen molar-refractivity contribution in [3.8, 4) is 5.95 Å². The lowest BCUT2D eigenvalue weighted by molar-refractivity contribution is 0.181. The minimum absolute atomic E-state index is 0.463. The van der Waals surface area contributed by atoms with Gasteiger partial charge in [0.05, 0.1) is 24.7 Å². The molecular weight excluding hydrogens is 182 g/mol. The highest BCUT2D eigenvalue weighted by Crippen LogP contribution is 2.00. The Kier molecular flexibility index (Phi) is 2.46. The van der Waals surface area contributed by atoms with Crippen LogP contribution in [0.5, 0.6) is 0 Å². The van der Waals surface area contributed by atoms with Crippen molar-refractivity contribution in [1.82, 2.24) is 25.0 Å².